The van der Waals surface area contributed by atoms with Gasteiger partial charge in [0.15, 0.2) is 0 Å². The molecular weight excluding hydrogens is 251 g/mol. The molecule has 1 N–H and O–H groups in total. The van der Waals surface area contributed by atoms with Gasteiger partial charge in [0.25, 0.3) is 0 Å². The first kappa shape index (κ1) is 13.3. The second-order valence-electron chi connectivity index (χ2n) is 3.20. The van der Waals surface area contributed by atoms with Crippen molar-refractivity contribution in [2.24, 2.45) is 0 Å². The second-order valence-corrected chi connectivity index (χ2v) is 4.01. The highest BCUT2D eigenvalue weighted by Gasteiger charge is 2.12. The van der Waals surface area contributed by atoms with Crippen LogP contribution < -0.4 is 0 Å². The van der Waals surface area contributed by atoms with Gasteiger partial charge in [-0.25, -0.2) is 4.79 Å². The average Bonchev–Trinajstić information content (AvgIpc) is 2.27. The third kappa shape index (κ3) is 4.39. The maximum absolute atomic E-state index is 11.5. The second kappa shape index (κ2) is 6.74. The topological polar surface area (TPSA) is 46.5 Å². The number of aliphatic hydroxyl groups excluding tert-OH is 1. The Labute approximate surface area is 104 Å². The zero-order valence-corrected chi connectivity index (χ0v) is 10.0. The maximum atomic E-state index is 11.5. The van der Waals surface area contributed by atoms with Gasteiger partial charge in [-0.1, -0.05) is 11.6 Å². The normalized spacial score (nSPS) is 12.2. The summed E-state index contributed by atoms with van der Waals surface area (Å²) in [5.41, 5.74) is 0.356. The Morgan fingerprint density at radius 1 is 1.38 bits per heavy atom. The Morgan fingerprint density at radius 3 is 2.56 bits per heavy atom. The van der Waals surface area contributed by atoms with Crippen molar-refractivity contribution in [1.82, 2.24) is 0 Å². The molecule has 3 nitrogen and oxygen atoms in total. The third-order valence-corrected chi connectivity index (χ3v) is 2.43. The molecule has 0 aliphatic rings. The number of benzene rings is 1. The average molecular weight is 263 g/mol. The zero-order chi connectivity index (χ0) is 12.0. The molecule has 0 bridgehead atoms. The number of halogens is 2. The maximum Gasteiger partial charge on any atom is 0.340 e. The molecule has 1 aromatic rings. The lowest BCUT2D eigenvalue weighted by Crippen LogP contribution is -2.17. The Bertz CT molecular complexity index is 338. The van der Waals surface area contributed by atoms with Gasteiger partial charge in [0, 0.05) is 17.3 Å². The summed E-state index contributed by atoms with van der Waals surface area (Å²) in [5, 5.41) is 9.88. The summed E-state index contributed by atoms with van der Waals surface area (Å²) in [5.74, 6) is -0.144. The molecule has 1 aromatic carbocycles. The predicted molar refractivity (Wildman–Crippen MR) is 62.8 cm³/mol. The van der Waals surface area contributed by atoms with Gasteiger partial charge in [-0.3, -0.25) is 0 Å². The van der Waals surface area contributed by atoms with Crippen LogP contribution in [0, 0.1) is 0 Å². The van der Waals surface area contributed by atoms with Crippen LogP contribution in [0.1, 0.15) is 23.2 Å². The Balaban J connectivity index is 2.48. The Morgan fingerprint density at radius 2 is 2.00 bits per heavy atom. The number of rotatable bonds is 5. The molecule has 0 amide bonds. The highest BCUT2D eigenvalue weighted by molar-refractivity contribution is 6.30. The molecule has 0 radical (unpaired) electrons. The molecule has 1 unspecified atom stereocenters. The number of hydrogen-bond acceptors (Lipinski definition) is 3. The van der Waals surface area contributed by atoms with E-state index >= 15 is 0 Å². The van der Waals surface area contributed by atoms with Crippen molar-refractivity contribution in [2.75, 3.05) is 5.88 Å². The smallest absolute Gasteiger partial charge is 0.340 e. The number of esters is 1. The van der Waals surface area contributed by atoms with Crippen molar-refractivity contribution >= 4 is 29.2 Å². The molecule has 0 aromatic heterocycles. The van der Waals surface area contributed by atoms with E-state index in [1.807, 2.05) is 0 Å². The fourth-order valence-corrected chi connectivity index (χ4v) is 1.37. The minimum atomic E-state index is -1.11. The van der Waals surface area contributed by atoms with E-state index in [2.05, 4.69) is 0 Å². The highest BCUT2D eigenvalue weighted by atomic mass is 35.5. The third-order valence-electron chi connectivity index (χ3n) is 1.91. The van der Waals surface area contributed by atoms with Crippen molar-refractivity contribution in [3.63, 3.8) is 0 Å². The molecule has 0 fully saturated rings. The van der Waals surface area contributed by atoms with E-state index in [1.54, 1.807) is 24.3 Å². The molecule has 0 saturated heterocycles. The van der Waals surface area contributed by atoms with E-state index in [0.29, 0.717) is 29.3 Å². The molecule has 16 heavy (non-hydrogen) atoms. The first-order chi connectivity index (χ1) is 7.63. The molecule has 88 valence electrons. The van der Waals surface area contributed by atoms with E-state index in [1.165, 1.54) is 0 Å². The number of aliphatic hydroxyl groups is 1. The minimum Gasteiger partial charge on any atom is -0.432 e. The first-order valence-electron chi connectivity index (χ1n) is 4.84. The summed E-state index contributed by atoms with van der Waals surface area (Å²) < 4.78 is 4.79. The van der Waals surface area contributed by atoms with E-state index in [9.17, 15) is 9.90 Å². The van der Waals surface area contributed by atoms with Crippen LogP contribution >= 0.6 is 23.2 Å². The lowest BCUT2D eigenvalue weighted by molar-refractivity contribution is -0.0684. The summed E-state index contributed by atoms with van der Waals surface area (Å²) in [4.78, 5) is 11.5. The van der Waals surface area contributed by atoms with Crippen LogP contribution in [0.15, 0.2) is 24.3 Å². The molecule has 0 aliphatic carbocycles. The van der Waals surface area contributed by atoms with Crippen LogP contribution in [-0.4, -0.2) is 23.2 Å². The fourth-order valence-electron chi connectivity index (χ4n) is 1.09. The van der Waals surface area contributed by atoms with Gasteiger partial charge in [-0.15, -0.1) is 11.6 Å². The SMILES string of the molecule is O=C(OC(O)CCCCl)c1ccc(Cl)cc1. The van der Waals surface area contributed by atoms with Crippen LogP contribution in [0.4, 0.5) is 0 Å². The van der Waals surface area contributed by atoms with Gasteiger partial charge < -0.3 is 9.84 Å². The summed E-state index contributed by atoms with van der Waals surface area (Å²) in [7, 11) is 0. The van der Waals surface area contributed by atoms with Crippen LogP contribution in [0.5, 0.6) is 0 Å². The molecule has 5 heteroatoms. The van der Waals surface area contributed by atoms with Crippen molar-refractivity contribution in [2.45, 2.75) is 19.1 Å². The zero-order valence-electron chi connectivity index (χ0n) is 8.53. The van der Waals surface area contributed by atoms with Gasteiger partial charge >= 0.3 is 5.97 Å². The quantitative estimate of drug-likeness (QED) is 0.504. The Kier molecular flexibility index (Phi) is 5.60. The van der Waals surface area contributed by atoms with E-state index in [4.69, 9.17) is 27.9 Å². The van der Waals surface area contributed by atoms with Crippen LogP contribution in [0.25, 0.3) is 0 Å². The number of hydrogen-bond donors (Lipinski definition) is 1. The fraction of sp³-hybridized carbons (Fsp3) is 0.364. The van der Waals surface area contributed by atoms with E-state index in [0.717, 1.165) is 0 Å². The summed E-state index contributed by atoms with van der Waals surface area (Å²) in [6.07, 6.45) is -0.179. The molecule has 0 saturated carbocycles. The molecule has 1 atom stereocenters. The summed E-state index contributed by atoms with van der Waals surface area (Å²) in [6, 6.07) is 6.25. The Hall–Kier alpha value is -0.770. The summed E-state index contributed by atoms with van der Waals surface area (Å²) in [6.45, 7) is 0. The van der Waals surface area contributed by atoms with Crippen molar-refractivity contribution in [3.8, 4) is 0 Å². The number of ether oxygens (including phenoxy) is 1. The van der Waals surface area contributed by atoms with Gasteiger partial charge in [-0.05, 0) is 30.7 Å². The first-order valence-corrected chi connectivity index (χ1v) is 5.75. The molecule has 0 heterocycles. The van der Waals surface area contributed by atoms with Gasteiger partial charge in [0.2, 0.25) is 6.29 Å². The lowest BCUT2D eigenvalue weighted by Gasteiger charge is -2.11. The molecule has 0 aliphatic heterocycles. The minimum absolute atomic E-state index is 0.336. The molecule has 1 rings (SSSR count). The standard InChI is InChI=1S/C11H12Cl2O3/c12-7-1-2-10(14)16-11(15)8-3-5-9(13)6-4-8/h3-6,10,14H,1-2,7H2. The molecular formula is C11H12Cl2O3. The summed E-state index contributed by atoms with van der Waals surface area (Å²) >= 11 is 11.1. The van der Waals surface area contributed by atoms with Crippen LogP contribution in [0.2, 0.25) is 5.02 Å². The van der Waals surface area contributed by atoms with Crippen LogP contribution in [0.3, 0.4) is 0 Å². The monoisotopic (exact) mass is 262 g/mol. The number of carbonyl (C=O) groups is 1. The van der Waals surface area contributed by atoms with Gasteiger partial charge in [-0.2, -0.15) is 0 Å². The largest absolute Gasteiger partial charge is 0.432 e. The van der Waals surface area contributed by atoms with Crippen LogP contribution in [-0.2, 0) is 4.74 Å². The van der Waals surface area contributed by atoms with E-state index < -0.39 is 12.3 Å². The van der Waals surface area contributed by atoms with Crippen molar-refractivity contribution < 1.29 is 14.6 Å². The lowest BCUT2D eigenvalue weighted by atomic mass is 10.2. The van der Waals surface area contributed by atoms with Crippen molar-refractivity contribution in [3.05, 3.63) is 34.9 Å². The molecule has 0 spiro atoms. The van der Waals surface area contributed by atoms with Gasteiger partial charge in [0.1, 0.15) is 0 Å². The van der Waals surface area contributed by atoms with Gasteiger partial charge in [0.05, 0.1) is 5.56 Å². The number of carbonyl (C=O) groups excluding carboxylic acids is 1. The van der Waals surface area contributed by atoms with Crippen molar-refractivity contribution in [1.29, 1.82) is 0 Å². The number of alkyl halides is 1. The van der Waals surface area contributed by atoms with E-state index in [-0.39, 0.29) is 0 Å². The predicted octanol–water partition coefficient (Wildman–Crippen LogP) is 2.83. The highest BCUT2D eigenvalue weighted by Crippen LogP contribution is 2.11.